The smallest absolute Gasteiger partial charge is 0.0825 e. The van der Waals surface area contributed by atoms with Crippen LogP contribution in [0, 0.1) is 13.8 Å². The molecule has 0 fully saturated rings. The van der Waals surface area contributed by atoms with Gasteiger partial charge in [0.05, 0.1) is 11.4 Å². The first-order valence-corrected chi connectivity index (χ1v) is 6.34. The lowest BCUT2D eigenvalue weighted by Gasteiger charge is -2.07. The second-order valence-corrected chi connectivity index (χ2v) is 5.10. The Kier molecular flexibility index (Phi) is 3.52. The van der Waals surface area contributed by atoms with E-state index in [0.29, 0.717) is 0 Å². The monoisotopic (exact) mass is 293 g/mol. The summed E-state index contributed by atoms with van der Waals surface area (Å²) in [7, 11) is 1.93. The molecule has 2 rings (SSSR count). The van der Waals surface area contributed by atoms with Crippen molar-refractivity contribution < 1.29 is 0 Å². The zero-order valence-corrected chi connectivity index (χ0v) is 11.9. The lowest BCUT2D eigenvalue weighted by molar-refractivity contribution is 0.756. The molecule has 0 aliphatic carbocycles. The molecule has 0 atom stereocenters. The summed E-state index contributed by atoms with van der Waals surface area (Å²) in [5, 5.41) is 7.70. The van der Waals surface area contributed by atoms with Crippen molar-refractivity contribution >= 4 is 21.6 Å². The molecule has 1 N–H and O–H groups in total. The van der Waals surface area contributed by atoms with Gasteiger partial charge >= 0.3 is 0 Å². The number of aryl methyl sites for hydroxylation is 3. The topological polar surface area (TPSA) is 29.9 Å². The molecule has 17 heavy (non-hydrogen) atoms. The first kappa shape index (κ1) is 12.2. The highest BCUT2D eigenvalue weighted by atomic mass is 79.9. The van der Waals surface area contributed by atoms with Crippen molar-refractivity contribution in [1.29, 1.82) is 0 Å². The van der Waals surface area contributed by atoms with Gasteiger partial charge in [0.15, 0.2) is 0 Å². The number of benzene rings is 1. The number of anilines is 1. The molecule has 1 aromatic carbocycles. The van der Waals surface area contributed by atoms with Gasteiger partial charge < -0.3 is 5.32 Å². The van der Waals surface area contributed by atoms with Crippen LogP contribution in [0.25, 0.3) is 0 Å². The average molecular weight is 294 g/mol. The maximum absolute atomic E-state index is 4.30. The van der Waals surface area contributed by atoms with Crippen molar-refractivity contribution in [2.45, 2.75) is 20.4 Å². The molecule has 0 aliphatic heterocycles. The van der Waals surface area contributed by atoms with E-state index in [4.69, 9.17) is 0 Å². The van der Waals surface area contributed by atoms with Gasteiger partial charge in [0.2, 0.25) is 0 Å². The van der Waals surface area contributed by atoms with Gasteiger partial charge in [-0.1, -0.05) is 28.1 Å². The standard InChI is InChI=1S/C13H16BrN3/c1-9-4-5-11(12(14)6-9)7-15-13-8-17(3)16-10(13)2/h4-6,8,15H,7H2,1-3H3. The van der Waals surface area contributed by atoms with Crippen LogP contribution < -0.4 is 5.32 Å². The van der Waals surface area contributed by atoms with E-state index in [-0.39, 0.29) is 0 Å². The Hall–Kier alpha value is -1.29. The van der Waals surface area contributed by atoms with Gasteiger partial charge in [0.1, 0.15) is 0 Å². The van der Waals surface area contributed by atoms with Crippen LogP contribution in [0.4, 0.5) is 5.69 Å². The van der Waals surface area contributed by atoms with E-state index in [1.165, 1.54) is 11.1 Å². The second kappa shape index (κ2) is 4.92. The summed E-state index contributed by atoms with van der Waals surface area (Å²) in [5.41, 5.74) is 4.62. The molecule has 0 unspecified atom stereocenters. The summed E-state index contributed by atoms with van der Waals surface area (Å²) in [4.78, 5) is 0. The summed E-state index contributed by atoms with van der Waals surface area (Å²) in [6.07, 6.45) is 2.00. The van der Waals surface area contributed by atoms with Crippen molar-refractivity contribution in [3.05, 3.63) is 45.7 Å². The predicted octanol–water partition coefficient (Wildman–Crippen LogP) is 3.41. The summed E-state index contributed by atoms with van der Waals surface area (Å²) in [6.45, 7) is 4.90. The third-order valence-electron chi connectivity index (χ3n) is 2.69. The van der Waals surface area contributed by atoms with E-state index in [9.17, 15) is 0 Å². The van der Waals surface area contributed by atoms with E-state index in [2.05, 4.69) is 51.5 Å². The normalized spacial score (nSPS) is 10.6. The largest absolute Gasteiger partial charge is 0.378 e. The number of nitrogens with one attached hydrogen (secondary N) is 1. The number of aromatic nitrogens is 2. The molecule has 0 aliphatic rings. The van der Waals surface area contributed by atoms with Crippen LogP contribution >= 0.6 is 15.9 Å². The van der Waals surface area contributed by atoms with Crippen LogP contribution in [-0.4, -0.2) is 9.78 Å². The molecule has 1 aromatic heterocycles. The summed E-state index contributed by atoms with van der Waals surface area (Å²) in [6, 6.07) is 6.39. The molecule has 1 heterocycles. The number of hydrogen-bond donors (Lipinski definition) is 1. The fourth-order valence-corrected chi connectivity index (χ4v) is 2.39. The average Bonchev–Trinajstić information content (AvgIpc) is 2.56. The maximum Gasteiger partial charge on any atom is 0.0825 e. The second-order valence-electron chi connectivity index (χ2n) is 4.25. The van der Waals surface area contributed by atoms with Crippen LogP contribution in [-0.2, 0) is 13.6 Å². The minimum Gasteiger partial charge on any atom is -0.378 e. The quantitative estimate of drug-likeness (QED) is 0.940. The van der Waals surface area contributed by atoms with Crippen molar-refractivity contribution in [2.24, 2.45) is 7.05 Å². The van der Waals surface area contributed by atoms with Crippen molar-refractivity contribution in [3.8, 4) is 0 Å². The Morgan fingerprint density at radius 1 is 1.35 bits per heavy atom. The molecule has 3 nitrogen and oxygen atoms in total. The van der Waals surface area contributed by atoms with Crippen LogP contribution in [0.2, 0.25) is 0 Å². The molecule has 0 saturated heterocycles. The van der Waals surface area contributed by atoms with Gasteiger partial charge in [-0.15, -0.1) is 0 Å². The number of rotatable bonds is 3. The van der Waals surface area contributed by atoms with Gasteiger partial charge in [-0.3, -0.25) is 4.68 Å². The fourth-order valence-electron chi connectivity index (χ4n) is 1.76. The predicted molar refractivity (Wildman–Crippen MR) is 74.2 cm³/mol. The number of halogens is 1. The third kappa shape index (κ3) is 2.88. The van der Waals surface area contributed by atoms with Gasteiger partial charge in [-0.05, 0) is 31.0 Å². The minimum atomic E-state index is 0.799. The van der Waals surface area contributed by atoms with Crippen LogP contribution in [0.15, 0.2) is 28.9 Å². The molecule has 90 valence electrons. The first-order valence-electron chi connectivity index (χ1n) is 5.55. The zero-order chi connectivity index (χ0) is 12.4. The molecule has 0 radical (unpaired) electrons. The van der Waals surface area contributed by atoms with Gasteiger partial charge in [0, 0.05) is 24.3 Å². The van der Waals surface area contributed by atoms with Gasteiger partial charge in [0.25, 0.3) is 0 Å². The highest BCUT2D eigenvalue weighted by Crippen LogP contribution is 2.20. The Bertz CT molecular complexity index is 531. The van der Waals surface area contributed by atoms with Crippen LogP contribution in [0.1, 0.15) is 16.8 Å². The Balaban J connectivity index is 2.10. The van der Waals surface area contributed by atoms with Gasteiger partial charge in [-0.25, -0.2) is 0 Å². The molecule has 2 aromatic rings. The third-order valence-corrected chi connectivity index (χ3v) is 3.43. The number of hydrogen-bond acceptors (Lipinski definition) is 2. The Morgan fingerprint density at radius 3 is 2.71 bits per heavy atom. The van der Waals surface area contributed by atoms with E-state index < -0.39 is 0 Å². The van der Waals surface area contributed by atoms with Crippen molar-refractivity contribution in [2.75, 3.05) is 5.32 Å². The highest BCUT2D eigenvalue weighted by molar-refractivity contribution is 9.10. The van der Waals surface area contributed by atoms with E-state index in [0.717, 1.165) is 22.4 Å². The number of nitrogens with zero attached hydrogens (tertiary/aromatic N) is 2. The van der Waals surface area contributed by atoms with E-state index >= 15 is 0 Å². The minimum absolute atomic E-state index is 0.799. The van der Waals surface area contributed by atoms with E-state index in [1.807, 2.05) is 24.9 Å². The summed E-state index contributed by atoms with van der Waals surface area (Å²) < 4.78 is 2.97. The lowest BCUT2D eigenvalue weighted by atomic mass is 10.1. The van der Waals surface area contributed by atoms with Crippen molar-refractivity contribution in [3.63, 3.8) is 0 Å². The van der Waals surface area contributed by atoms with Crippen molar-refractivity contribution in [1.82, 2.24) is 9.78 Å². The Morgan fingerprint density at radius 2 is 2.12 bits per heavy atom. The highest BCUT2D eigenvalue weighted by Gasteiger charge is 2.04. The van der Waals surface area contributed by atoms with Gasteiger partial charge in [-0.2, -0.15) is 5.10 Å². The van der Waals surface area contributed by atoms with Crippen LogP contribution in [0.3, 0.4) is 0 Å². The molecule has 0 bridgehead atoms. The lowest BCUT2D eigenvalue weighted by Crippen LogP contribution is -2.00. The molecular weight excluding hydrogens is 278 g/mol. The summed E-state index contributed by atoms with van der Waals surface area (Å²) >= 11 is 3.58. The molecule has 4 heteroatoms. The zero-order valence-electron chi connectivity index (χ0n) is 10.3. The molecular formula is C13H16BrN3. The molecule has 0 amide bonds. The Labute approximate surface area is 110 Å². The SMILES string of the molecule is Cc1ccc(CNc2cn(C)nc2C)c(Br)c1. The van der Waals surface area contributed by atoms with E-state index in [1.54, 1.807) is 0 Å². The first-order chi connectivity index (χ1) is 8.06. The molecule has 0 spiro atoms. The van der Waals surface area contributed by atoms with Crippen LogP contribution in [0.5, 0.6) is 0 Å². The fraction of sp³-hybridized carbons (Fsp3) is 0.308. The molecule has 0 saturated carbocycles. The summed E-state index contributed by atoms with van der Waals surface area (Å²) in [5.74, 6) is 0. The maximum atomic E-state index is 4.30.